The van der Waals surface area contributed by atoms with Crippen LogP contribution in [-0.4, -0.2) is 46.5 Å². The van der Waals surface area contributed by atoms with Crippen LogP contribution in [0.2, 0.25) is 10.0 Å². The minimum Gasteiger partial charge on any atom is -0.437 e. The molecule has 4 rings (SSSR count). The van der Waals surface area contributed by atoms with Gasteiger partial charge in [0.2, 0.25) is 5.88 Å². The Kier molecular flexibility index (Phi) is 6.06. The molecule has 30 heavy (non-hydrogen) atoms. The Morgan fingerprint density at radius 3 is 2.67 bits per heavy atom. The maximum atomic E-state index is 12.9. The van der Waals surface area contributed by atoms with Gasteiger partial charge in [-0.1, -0.05) is 41.4 Å². The van der Waals surface area contributed by atoms with Crippen LogP contribution in [0.15, 0.2) is 60.9 Å². The fourth-order valence-electron chi connectivity index (χ4n) is 3.45. The Balaban J connectivity index is 1.45. The first kappa shape index (κ1) is 20.4. The van der Waals surface area contributed by atoms with Crippen molar-refractivity contribution in [2.45, 2.75) is 13.0 Å². The van der Waals surface area contributed by atoms with Crippen LogP contribution in [0.3, 0.4) is 0 Å². The summed E-state index contributed by atoms with van der Waals surface area (Å²) in [5.74, 6) is 1.68. The van der Waals surface area contributed by atoms with Crippen LogP contribution in [0.1, 0.15) is 17.3 Å². The van der Waals surface area contributed by atoms with Gasteiger partial charge in [0.05, 0.1) is 5.02 Å². The lowest BCUT2D eigenvalue weighted by molar-refractivity contribution is 0.0673. The molecule has 0 spiro atoms. The molecule has 1 saturated heterocycles. The van der Waals surface area contributed by atoms with Gasteiger partial charge in [0.25, 0.3) is 5.91 Å². The monoisotopic (exact) mass is 442 g/mol. The summed E-state index contributed by atoms with van der Waals surface area (Å²) in [5.41, 5.74) is 0.597. The molecule has 1 amide bonds. The number of para-hydroxylation sites is 1. The van der Waals surface area contributed by atoms with Crippen molar-refractivity contribution in [1.82, 2.24) is 14.9 Å². The summed E-state index contributed by atoms with van der Waals surface area (Å²) >= 11 is 12.2. The van der Waals surface area contributed by atoms with Gasteiger partial charge in [-0.25, -0.2) is 9.97 Å². The molecule has 0 N–H and O–H groups in total. The average molecular weight is 443 g/mol. The van der Waals surface area contributed by atoms with E-state index in [0.717, 1.165) is 5.82 Å². The molecular weight excluding hydrogens is 423 g/mol. The van der Waals surface area contributed by atoms with Crippen molar-refractivity contribution in [2.24, 2.45) is 0 Å². The van der Waals surface area contributed by atoms with Crippen molar-refractivity contribution in [3.05, 3.63) is 76.5 Å². The summed E-state index contributed by atoms with van der Waals surface area (Å²) in [6.45, 7) is 3.90. The predicted molar refractivity (Wildman–Crippen MR) is 118 cm³/mol. The van der Waals surface area contributed by atoms with Crippen molar-refractivity contribution in [3.8, 4) is 11.6 Å². The molecule has 8 heteroatoms. The van der Waals surface area contributed by atoms with E-state index in [4.69, 9.17) is 27.9 Å². The number of rotatable bonds is 4. The van der Waals surface area contributed by atoms with E-state index in [1.54, 1.807) is 42.5 Å². The minimum atomic E-state index is -0.0184. The van der Waals surface area contributed by atoms with Gasteiger partial charge in [-0.05, 0) is 37.3 Å². The number of ether oxygens (including phenoxy) is 1. The first-order valence-electron chi connectivity index (χ1n) is 9.57. The van der Waals surface area contributed by atoms with Crippen molar-refractivity contribution in [1.29, 1.82) is 0 Å². The smallest absolute Gasteiger partial charge is 0.254 e. The first-order chi connectivity index (χ1) is 14.5. The number of piperazine rings is 1. The van der Waals surface area contributed by atoms with Crippen LogP contribution < -0.4 is 9.64 Å². The van der Waals surface area contributed by atoms with E-state index in [-0.39, 0.29) is 11.9 Å². The second-order valence-electron chi connectivity index (χ2n) is 7.05. The molecule has 1 unspecified atom stereocenters. The van der Waals surface area contributed by atoms with Gasteiger partial charge in [0.1, 0.15) is 17.9 Å². The lowest BCUT2D eigenvalue weighted by Crippen LogP contribution is -2.54. The third-order valence-corrected chi connectivity index (χ3v) is 5.51. The van der Waals surface area contributed by atoms with Crippen LogP contribution >= 0.6 is 23.2 Å². The van der Waals surface area contributed by atoms with Gasteiger partial charge in [0.15, 0.2) is 0 Å². The Morgan fingerprint density at radius 2 is 1.90 bits per heavy atom. The SMILES string of the molecule is CC1CN(c2cc(Oc3ccccc3Cl)ncn2)CCN1C(=O)c1cccc(Cl)c1. The fraction of sp³-hybridized carbons (Fsp3) is 0.227. The van der Waals surface area contributed by atoms with Gasteiger partial charge in [-0.15, -0.1) is 0 Å². The van der Waals surface area contributed by atoms with Gasteiger partial charge in [-0.2, -0.15) is 0 Å². The number of nitrogens with zero attached hydrogens (tertiary/aromatic N) is 4. The highest BCUT2D eigenvalue weighted by molar-refractivity contribution is 6.32. The number of anilines is 1. The summed E-state index contributed by atoms with van der Waals surface area (Å²) in [6.07, 6.45) is 1.47. The van der Waals surface area contributed by atoms with Crippen LogP contribution in [0.4, 0.5) is 5.82 Å². The lowest BCUT2D eigenvalue weighted by atomic mass is 10.1. The van der Waals surface area contributed by atoms with E-state index in [1.165, 1.54) is 6.33 Å². The number of hydrogen-bond donors (Lipinski definition) is 0. The molecular formula is C22H20Cl2N4O2. The van der Waals surface area contributed by atoms with E-state index < -0.39 is 0 Å². The number of carbonyl (C=O) groups excluding carboxylic acids is 1. The quantitative estimate of drug-likeness (QED) is 0.573. The summed E-state index contributed by atoms with van der Waals surface area (Å²) in [4.78, 5) is 25.4. The highest BCUT2D eigenvalue weighted by Gasteiger charge is 2.29. The third-order valence-electron chi connectivity index (χ3n) is 4.96. The largest absolute Gasteiger partial charge is 0.437 e. The van der Waals surface area contributed by atoms with Crippen molar-refractivity contribution >= 4 is 34.9 Å². The zero-order valence-corrected chi connectivity index (χ0v) is 17.8. The maximum absolute atomic E-state index is 12.9. The molecule has 1 fully saturated rings. The third kappa shape index (κ3) is 4.50. The van der Waals surface area contributed by atoms with E-state index in [9.17, 15) is 4.79 Å². The molecule has 0 radical (unpaired) electrons. The zero-order chi connectivity index (χ0) is 21.1. The van der Waals surface area contributed by atoms with E-state index >= 15 is 0 Å². The Morgan fingerprint density at radius 1 is 1.07 bits per heavy atom. The van der Waals surface area contributed by atoms with Gasteiger partial charge >= 0.3 is 0 Å². The highest BCUT2D eigenvalue weighted by Crippen LogP contribution is 2.29. The molecule has 2 aromatic carbocycles. The van der Waals surface area contributed by atoms with Gasteiger partial charge < -0.3 is 14.5 Å². The van der Waals surface area contributed by atoms with Crippen molar-refractivity contribution in [2.75, 3.05) is 24.5 Å². The van der Waals surface area contributed by atoms with Crippen molar-refractivity contribution < 1.29 is 9.53 Å². The summed E-state index contributed by atoms with van der Waals surface area (Å²) in [5, 5.41) is 1.07. The molecule has 154 valence electrons. The lowest BCUT2D eigenvalue weighted by Gasteiger charge is -2.40. The molecule has 0 saturated carbocycles. The molecule has 6 nitrogen and oxygen atoms in total. The second kappa shape index (κ2) is 8.90. The van der Waals surface area contributed by atoms with E-state index in [0.29, 0.717) is 46.9 Å². The summed E-state index contributed by atoms with van der Waals surface area (Å²) < 4.78 is 5.81. The van der Waals surface area contributed by atoms with Gasteiger partial charge in [0, 0.05) is 42.3 Å². The number of aromatic nitrogens is 2. The van der Waals surface area contributed by atoms with E-state index in [1.807, 2.05) is 24.0 Å². The molecule has 1 aromatic heterocycles. The van der Waals surface area contributed by atoms with E-state index in [2.05, 4.69) is 14.9 Å². The normalized spacial score (nSPS) is 16.4. The molecule has 1 atom stereocenters. The Bertz CT molecular complexity index is 1060. The number of hydrogen-bond acceptors (Lipinski definition) is 5. The summed E-state index contributed by atoms with van der Waals surface area (Å²) in [7, 11) is 0. The van der Waals surface area contributed by atoms with Crippen LogP contribution in [0.5, 0.6) is 11.6 Å². The molecule has 0 aliphatic carbocycles. The second-order valence-corrected chi connectivity index (χ2v) is 7.89. The summed E-state index contributed by atoms with van der Waals surface area (Å²) in [6, 6.07) is 16.1. The maximum Gasteiger partial charge on any atom is 0.254 e. The minimum absolute atomic E-state index is 0.00753. The molecule has 0 bridgehead atoms. The Labute approximate surface area is 185 Å². The van der Waals surface area contributed by atoms with Crippen LogP contribution in [0, 0.1) is 0 Å². The number of halogens is 2. The molecule has 3 aromatic rings. The number of carbonyl (C=O) groups is 1. The van der Waals surface area contributed by atoms with Crippen LogP contribution in [0.25, 0.3) is 0 Å². The fourth-order valence-corrected chi connectivity index (χ4v) is 3.82. The number of amides is 1. The molecule has 1 aliphatic rings. The number of benzene rings is 2. The Hall–Kier alpha value is -2.83. The molecule has 2 heterocycles. The first-order valence-corrected chi connectivity index (χ1v) is 10.3. The average Bonchev–Trinajstić information content (AvgIpc) is 2.75. The molecule has 1 aliphatic heterocycles. The predicted octanol–water partition coefficient (Wildman–Crippen LogP) is 4.93. The van der Waals surface area contributed by atoms with Crippen molar-refractivity contribution in [3.63, 3.8) is 0 Å². The van der Waals surface area contributed by atoms with Crippen LogP contribution in [-0.2, 0) is 0 Å². The standard InChI is InChI=1S/C22H20Cl2N4O2/c1-15-13-27(9-10-28(15)22(29)16-5-4-6-17(23)11-16)20-12-21(26-14-25-20)30-19-8-3-2-7-18(19)24/h2-8,11-12,14-15H,9-10,13H2,1H3. The highest BCUT2D eigenvalue weighted by atomic mass is 35.5. The van der Waals surface area contributed by atoms with Gasteiger partial charge in [-0.3, -0.25) is 4.79 Å². The topological polar surface area (TPSA) is 58.6 Å². The zero-order valence-electron chi connectivity index (χ0n) is 16.3.